The van der Waals surface area contributed by atoms with Crippen molar-refractivity contribution < 1.29 is 14.7 Å². The number of fused-ring (bicyclic) bond motifs is 5. The van der Waals surface area contributed by atoms with Crippen LogP contribution in [0.2, 0.25) is 0 Å². The van der Waals surface area contributed by atoms with E-state index < -0.39 is 0 Å². The zero-order chi connectivity index (χ0) is 15.5. The van der Waals surface area contributed by atoms with Crippen molar-refractivity contribution >= 4 is 12.1 Å². The summed E-state index contributed by atoms with van der Waals surface area (Å²) in [6.07, 6.45) is 10.1. The molecule has 3 nitrogen and oxygen atoms in total. The number of rotatable bonds is 1. The first-order valence-electron chi connectivity index (χ1n) is 8.89. The van der Waals surface area contributed by atoms with E-state index in [0.29, 0.717) is 30.6 Å². The van der Waals surface area contributed by atoms with E-state index in [-0.39, 0.29) is 22.7 Å². The maximum Gasteiger partial charge on any atom is 0.155 e. The molecule has 0 saturated heterocycles. The summed E-state index contributed by atoms with van der Waals surface area (Å²) in [7, 11) is 0. The molecule has 0 spiro atoms. The summed E-state index contributed by atoms with van der Waals surface area (Å²) in [5, 5.41) is 10.4. The van der Waals surface area contributed by atoms with Crippen LogP contribution in [-0.4, -0.2) is 23.3 Å². The summed E-state index contributed by atoms with van der Waals surface area (Å²) in [4.78, 5) is 23.9. The van der Waals surface area contributed by atoms with Crippen LogP contribution in [0.4, 0.5) is 0 Å². The highest BCUT2D eigenvalue weighted by Crippen LogP contribution is 2.64. The molecule has 0 aliphatic heterocycles. The van der Waals surface area contributed by atoms with Gasteiger partial charge in [-0.05, 0) is 74.2 Å². The van der Waals surface area contributed by atoms with E-state index in [9.17, 15) is 14.7 Å². The average Bonchev–Trinajstić information content (AvgIpc) is 2.82. The Bertz CT molecular complexity index is 551. The van der Waals surface area contributed by atoms with Crippen molar-refractivity contribution in [3.05, 3.63) is 11.6 Å². The molecule has 0 amide bonds. The van der Waals surface area contributed by atoms with Gasteiger partial charge in [-0.2, -0.15) is 0 Å². The van der Waals surface area contributed by atoms with Gasteiger partial charge < -0.3 is 9.90 Å². The number of hydrogen-bond donors (Lipinski definition) is 1. The van der Waals surface area contributed by atoms with Gasteiger partial charge in [-0.3, -0.25) is 4.79 Å². The Balaban J connectivity index is 1.73. The molecule has 0 aromatic carbocycles. The molecule has 4 rings (SSSR count). The lowest BCUT2D eigenvalue weighted by molar-refractivity contribution is -0.130. The van der Waals surface area contributed by atoms with Gasteiger partial charge in [0.25, 0.3) is 0 Å². The van der Waals surface area contributed by atoms with Crippen LogP contribution in [-0.2, 0) is 9.59 Å². The van der Waals surface area contributed by atoms with Gasteiger partial charge >= 0.3 is 0 Å². The zero-order valence-electron chi connectivity index (χ0n) is 13.4. The molecule has 4 aliphatic rings. The van der Waals surface area contributed by atoms with Gasteiger partial charge in [-0.25, -0.2) is 0 Å². The molecule has 120 valence electrons. The minimum absolute atomic E-state index is 0.0525. The third-order valence-corrected chi connectivity index (χ3v) is 7.72. The molecule has 0 bridgehead atoms. The van der Waals surface area contributed by atoms with E-state index in [0.717, 1.165) is 44.1 Å². The van der Waals surface area contributed by atoms with Crippen molar-refractivity contribution in [1.82, 2.24) is 0 Å². The highest BCUT2D eigenvalue weighted by molar-refractivity contribution is 5.93. The first kappa shape index (κ1) is 14.6. The molecule has 6 unspecified atom stereocenters. The van der Waals surface area contributed by atoms with Crippen LogP contribution >= 0.6 is 0 Å². The van der Waals surface area contributed by atoms with Crippen LogP contribution < -0.4 is 0 Å². The molecule has 0 aromatic rings. The fourth-order valence-corrected chi connectivity index (χ4v) is 6.47. The third-order valence-electron chi connectivity index (χ3n) is 7.72. The number of carbonyl (C=O) groups excluding carboxylic acids is 2. The van der Waals surface area contributed by atoms with Crippen LogP contribution in [0.5, 0.6) is 0 Å². The maximum atomic E-state index is 12.1. The number of hydrogen-bond acceptors (Lipinski definition) is 3. The first-order valence-corrected chi connectivity index (χ1v) is 8.89. The number of aliphatic hydroxyl groups is 1. The fourth-order valence-electron chi connectivity index (χ4n) is 6.47. The van der Waals surface area contributed by atoms with Crippen molar-refractivity contribution in [1.29, 1.82) is 0 Å². The van der Waals surface area contributed by atoms with Gasteiger partial charge in [0.05, 0.1) is 11.5 Å². The third kappa shape index (κ3) is 1.72. The van der Waals surface area contributed by atoms with Crippen molar-refractivity contribution in [2.24, 2.45) is 28.6 Å². The molecule has 0 radical (unpaired) electrons. The van der Waals surface area contributed by atoms with Crippen LogP contribution in [0, 0.1) is 28.6 Å². The van der Waals surface area contributed by atoms with Gasteiger partial charge in [0.1, 0.15) is 6.29 Å². The molecule has 3 saturated carbocycles. The molecular formula is C19H26O3. The van der Waals surface area contributed by atoms with E-state index in [2.05, 4.69) is 6.92 Å². The molecule has 1 N–H and O–H groups in total. The minimum atomic E-state index is -0.369. The lowest BCUT2D eigenvalue weighted by Gasteiger charge is -2.56. The van der Waals surface area contributed by atoms with Crippen molar-refractivity contribution in [2.45, 2.75) is 64.4 Å². The number of allylic oxidation sites excluding steroid dienone is 1. The monoisotopic (exact) mass is 302 g/mol. The average molecular weight is 302 g/mol. The molecule has 0 heterocycles. The Kier molecular flexibility index (Phi) is 3.17. The molecule has 6 atom stereocenters. The molecule has 3 fully saturated rings. The lowest BCUT2D eigenvalue weighted by atomic mass is 9.47. The summed E-state index contributed by atoms with van der Waals surface area (Å²) in [6.45, 7) is 2.26. The topological polar surface area (TPSA) is 54.4 Å². The highest BCUT2D eigenvalue weighted by Gasteiger charge is 2.60. The van der Waals surface area contributed by atoms with E-state index >= 15 is 0 Å². The SMILES string of the molecule is CC12CCC3C(CCC4=CC(=O)CCC43C=O)C1CCC2O. The van der Waals surface area contributed by atoms with E-state index in [1.54, 1.807) is 6.08 Å². The van der Waals surface area contributed by atoms with Crippen LogP contribution in [0.25, 0.3) is 0 Å². The summed E-state index contributed by atoms with van der Waals surface area (Å²) >= 11 is 0. The predicted octanol–water partition coefficient (Wildman–Crippen LogP) is 3.06. The van der Waals surface area contributed by atoms with Gasteiger partial charge in [0, 0.05) is 6.42 Å². The highest BCUT2D eigenvalue weighted by atomic mass is 16.3. The van der Waals surface area contributed by atoms with E-state index in [4.69, 9.17) is 0 Å². The van der Waals surface area contributed by atoms with Crippen molar-refractivity contribution in [2.75, 3.05) is 0 Å². The minimum Gasteiger partial charge on any atom is -0.393 e. The van der Waals surface area contributed by atoms with Crippen LogP contribution in [0.3, 0.4) is 0 Å². The first-order chi connectivity index (χ1) is 10.5. The molecule has 0 aromatic heterocycles. The standard InChI is InChI=1S/C19H26O3/c1-18-8-7-16-14(15(18)4-5-17(18)22)3-2-12-10-13(21)6-9-19(12,16)11-20/h10-11,14-17,22H,2-9H2,1H3. The Morgan fingerprint density at radius 1 is 1.14 bits per heavy atom. The van der Waals surface area contributed by atoms with E-state index in [1.807, 2.05) is 0 Å². The molecule has 4 aliphatic carbocycles. The van der Waals surface area contributed by atoms with Gasteiger partial charge in [-0.15, -0.1) is 0 Å². The number of carbonyl (C=O) groups is 2. The smallest absolute Gasteiger partial charge is 0.155 e. The summed E-state index contributed by atoms with van der Waals surface area (Å²) in [5.41, 5.74) is 0.796. The second kappa shape index (κ2) is 4.77. The Morgan fingerprint density at radius 2 is 1.95 bits per heavy atom. The second-order valence-electron chi connectivity index (χ2n) is 8.35. The zero-order valence-corrected chi connectivity index (χ0v) is 13.4. The second-order valence-corrected chi connectivity index (χ2v) is 8.35. The molecular weight excluding hydrogens is 276 g/mol. The molecule has 22 heavy (non-hydrogen) atoms. The number of ketones is 1. The van der Waals surface area contributed by atoms with E-state index in [1.165, 1.54) is 6.29 Å². The van der Waals surface area contributed by atoms with Crippen molar-refractivity contribution in [3.63, 3.8) is 0 Å². The normalized spacial score (nSPS) is 50.6. The molecule has 3 heteroatoms. The summed E-state index contributed by atoms with van der Waals surface area (Å²) < 4.78 is 0. The Hall–Kier alpha value is -0.960. The largest absolute Gasteiger partial charge is 0.393 e. The van der Waals surface area contributed by atoms with Crippen LogP contribution in [0.15, 0.2) is 11.6 Å². The summed E-state index contributed by atoms with van der Waals surface area (Å²) in [5.74, 6) is 1.69. The predicted molar refractivity (Wildman–Crippen MR) is 83.1 cm³/mol. The Morgan fingerprint density at radius 3 is 2.73 bits per heavy atom. The number of aldehydes is 1. The van der Waals surface area contributed by atoms with Gasteiger partial charge in [0.15, 0.2) is 5.78 Å². The number of aliphatic hydroxyl groups excluding tert-OH is 1. The van der Waals surface area contributed by atoms with Crippen LogP contribution in [0.1, 0.15) is 58.3 Å². The lowest BCUT2D eigenvalue weighted by Crippen LogP contribution is -2.52. The maximum absolute atomic E-state index is 12.1. The Labute approximate surface area is 132 Å². The summed E-state index contributed by atoms with van der Waals surface area (Å²) in [6, 6.07) is 0. The quantitative estimate of drug-likeness (QED) is 0.757. The van der Waals surface area contributed by atoms with Gasteiger partial charge in [0.2, 0.25) is 0 Å². The fraction of sp³-hybridized carbons (Fsp3) is 0.789. The van der Waals surface area contributed by atoms with Crippen molar-refractivity contribution in [3.8, 4) is 0 Å². The van der Waals surface area contributed by atoms with Gasteiger partial charge in [-0.1, -0.05) is 12.5 Å².